The molecule has 0 saturated heterocycles. The lowest BCUT2D eigenvalue weighted by Crippen LogP contribution is -2.51. The van der Waals surface area contributed by atoms with E-state index in [1.54, 1.807) is 38.1 Å². The first-order chi connectivity index (χ1) is 19.1. The fourth-order valence-electron chi connectivity index (χ4n) is 2.88. The molecule has 1 aromatic rings. The van der Waals surface area contributed by atoms with Crippen LogP contribution < -0.4 is 21.3 Å². The molecule has 0 radical (unpaired) electrons. The van der Waals surface area contributed by atoms with Gasteiger partial charge in [0.15, 0.2) is 0 Å². The largest absolute Gasteiger partial charge is 0.380 e. The van der Waals surface area contributed by atoms with E-state index < -0.39 is 36.2 Å². The highest BCUT2D eigenvalue weighted by molar-refractivity contribution is 5.92. The number of ether oxygens (including phenoxy) is 1. The summed E-state index contributed by atoms with van der Waals surface area (Å²) in [6.45, 7) is 12.4. The Labute approximate surface area is 238 Å². The molecule has 4 N–H and O–H groups in total. The summed E-state index contributed by atoms with van der Waals surface area (Å²) in [5.41, 5.74) is 0.808. The highest BCUT2D eigenvalue weighted by Gasteiger charge is 2.21. The molecule has 0 aliphatic carbocycles. The number of Topliss-reactive ketones (excluding diaryl/α,β-unsaturated/α-hetero) is 2. The Morgan fingerprint density at radius 2 is 1.27 bits per heavy atom. The summed E-state index contributed by atoms with van der Waals surface area (Å²) < 4.78 is 5.25. The molecular weight excluding hydrogens is 516 g/mol. The van der Waals surface area contributed by atoms with Crippen molar-refractivity contribution in [3.8, 4) is 0 Å². The Morgan fingerprint density at radius 1 is 0.725 bits per heavy atom. The first-order valence-electron chi connectivity index (χ1n) is 13.8. The second-order valence-electron chi connectivity index (χ2n) is 8.52. The monoisotopic (exact) mass is 564 g/mol. The molecule has 1 atom stereocenters. The van der Waals surface area contributed by atoms with Gasteiger partial charge in [0.25, 0.3) is 0 Å². The van der Waals surface area contributed by atoms with E-state index in [2.05, 4.69) is 21.3 Å². The second-order valence-corrected chi connectivity index (χ2v) is 8.52. The van der Waals surface area contributed by atoms with Crippen molar-refractivity contribution in [2.75, 3.05) is 32.8 Å². The molecule has 0 heterocycles. The third-order valence-corrected chi connectivity index (χ3v) is 4.95. The fourth-order valence-corrected chi connectivity index (χ4v) is 2.88. The number of ketones is 2. The molecule has 226 valence electrons. The van der Waals surface area contributed by atoms with Gasteiger partial charge in [-0.05, 0) is 12.5 Å². The molecule has 1 unspecified atom stereocenters. The number of benzene rings is 1. The first kappa shape index (κ1) is 38.5. The predicted octanol–water partition coefficient (Wildman–Crippen LogP) is 1.73. The van der Waals surface area contributed by atoms with Gasteiger partial charge in [-0.1, -0.05) is 71.9 Å². The van der Waals surface area contributed by atoms with Gasteiger partial charge in [-0.15, -0.1) is 0 Å². The number of carbonyl (C=O) groups excluding carboxylic acids is 6. The Bertz CT molecular complexity index is 905. The van der Waals surface area contributed by atoms with Gasteiger partial charge >= 0.3 is 0 Å². The minimum atomic E-state index is -0.938. The standard InChI is InChI=1S/C25H36N4O7.2C2H6/c1-17(2)21(31)9-11-36-12-10-22(32)26-15-23(33)27-16-24(34)29-20(25(35)28-14-18(3)30)13-19-7-5-4-6-8-19;2*1-2/h4-8,17,20H,9-16H2,1-3H3,(H,26,32)(H,27,33)(H,28,35)(H,29,34);2*1-2H3. The van der Waals surface area contributed by atoms with Crippen LogP contribution in [0.5, 0.6) is 0 Å². The van der Waals surface area contributed by atoms with Crippen LogP contribution in [-0.4, -0.2) is 74.1 Å². The van der Waals surface area contributed by atoms with Crippen LogP contribution in [-0.2, 0) is 39.9 Å². The molecule has 1 rings (SSSR count). The number of carbonyl (C=O) groups is 6. The van der Waals surface area contributed by atoms with Crippen molar-refractivity contribution >= 4 is 35.2 Å². The maximum Gasteiger partial charge on any atom is 0.243 e. The Hall–Kier alpha value is -3.60. The molecule has 0 spiro atoms. The first-order valence-corrected chi connectivity index (χ1v) is 13.8. The van der Waals surface area contributed by atoms with E-state index in [0.29, 0.717) is 0 Å². The van der Waals surface area contributed by atoms with Crippen LogP contribution in [0.25, 0.3) is 0 Å². The molecule has 0 saturated carbocycles. The second kappa shape index (κ2) is 24.4. The molecule has 0 aromatic heterocycles. The molecule has 0 aliphatic rings. The minimum Gasteiger partial charge on any atom is -0.380 e. The summed E-state index contributed by atoms with van der Waals surface area (Å²) in [6.07, 6.45) is 0.516. The smallest absolute Gasteiger partial charge is 0.243 e. The lowest BCUT2D eigenvalue weighted by Gasteiger charge is -2.18. The highest BCUT2D eigenvalue weighted by atomic mass is 16.5. The third-order valence-electron chi connectivity index (χ3n) is 4.95. The molecule has 40 heavy (non-hydrogen) atoms. The summed E-state index contributed by atoms with van der Waals surface area (Å²) in [5, 5.41) is 9.83. The molecule has 0 aliphatic heterocycles. The Morgan fingerprint density at radius 3 is 1.85 bits per heavy atom. The summed E-state index contributed by atoms with van der Waals surface area (Å²) in [6, 6.07) is 8.10. The zero-order chi connectivity index (χ0) is 30.9. The molecular formula is C29H48N4O7. The minimum absolute atomic E-state index is 0.0280. The van der Waals surface area contributed by atoms with Gasteiger partial charge in [-0.2, -0.15) is 0 Å². The highest BCUT2D eigenvalue weighted by Crippen LogP contribution is 2.04. The van der Waals surface area contributed by atoms with Crippen LogP contribution in [0.1, 0.15) is 66.9 Å². The van der Waals surface area contributed by atoms with Gasteiger partial charge < -0.3 is 26.0 Å². The van der Waals surface area contributed by atoms with Crippen molar-refractivity contribution in [1.29, 1.82) is 0 Å². The molecule has 0 fully saturated rings. The van der Waals surface area contributed by atoms with Crippen molar-refractivity contribution in [2.24, 2.45) is 5.92 Å². The van der Waals surface area contributed by atoms with E-state index in [4.69, 9.17) is 4.74 Å². The van der Waals surface area contributed by atoms with Gasteiger partial charge in [-0.25, -0.2) is 0 Å². The van der Waals surface area contributed by atoms with Crippen molar-refractivity contribution in [3.63, 3.8) is 0 Å². The van der Waals surface area contributed by atoms with E-state index in [9.17, 15) is 28.8 Å². The molecule has 11 nitrogen and oxygen atoms in total. The zero-order valence-corrected chi connectivity index (χ0v) is 25.1. The summed E-state index contributed by atoms with van der Waals surface area (Å²) in [4.78, 5) is 71.2. The van der Waals surface area contributed by atoms with Crippen LogP contribution in [0.3, 0.4) is 0 Å². The normalized spacial score (nSPS) is 10.5. The molecule has 4 amide bonds. The quantitative estimate of drug-likeness (QED) is 0.210. The van der Waals surface area contributed by atoms with Gasteiger partial charge in [0.05, 0.1) is 32.8 Å². The average Bonchev–Trinajstić information content (AvgIpc) is 2.95. The lowest BCUT2D eigenvalue weighted by molar-refractivity contribution is -0.130. The molecule has 1 aromatic carbocycles. The van der Waals surface area contributed by atoms with Crippen molar-refractivity contribution in [2.45, 2.75) is 73.8 Å². The summed E-state index contributed by atoms with van der Waals surface area (Å²) in [7, 11) is 0. The van der Waals surface area contributed by atoms with Gasteiger partial charge in [0, 0.05) is 25.2 Å². The van der Waals surface area contributed by atoms with Crippen LogP contribution in [0.15, 0.2) is 30.3 Å². The van der Waals surface area contributed by atoms with E-state index in [0.717, 1.165) is 5.56 Å². The van der Waals surface area contributed by atoms with E-state index in [1.165, 1.54) is 6.92 Å². The van der Waals surface area contributed by atoms with Crippen molar-refractivity contribution in [1.82, 2.24) is 21.3 Å². The Kier molecular flexibility index (Phi) is 23.6. The number of nitrogens with one attached hydrogen (secondary N) is 4. The van der Waals surface area contributed by atoms with Crippen LogP contribution in [0.4, 0.5) is 0 Å². The van der Waals surface area contributed by atoms with Crippen LogP contribution in [0.2, 0.25) is 0 Å². The average molecular weight is 565 g/mol. The number of amides is 4. The molecule has 0 bridgehead atoms. The van der Waals surface area contributed by atoms with Gasteiger partial charge in [0.1, 0.15) is 17.6 Å². The lowest BCUT2D eigenvalue weighted by atomic mass is 10.1. The molecule has 11 heteroatoms. The van der Waals surface area contributed by atoms with Crippen LogP contribution in [0, 0.1) is 5.92 Å². The summed E-state index contributed by atoms with van der Waals surface area (Å²) in [5.74, 6) is -2.30. The maximum atomic E-state index is 12.5. The van der Waals surface area contributed by atoms with Gasteiger partial charge in [0.2, 0.25) is 23.6 Å². The van der Waals surface area contributed by atoms with Gasteiger partial charge in [-0.3, -0.25) is 28.8 Å². The van der Waals surface area contributed by atoms with Crippen molar-refractivity contribution in [3.05, 3.63) is 35.9 Å². The third kappa shape index (κ3) is 20.4. The van der Waals surface area contributed by atoms with E-state index in [-0.39, 0.29) is 63.1 Å². The topological polar surface area (TPSA) is 160 Å². The number of hydrogen-bond donors (Lipinski definition) is 4. The van der Waals surface area contributed by atoms with E-state index >= 15 is 0 Å². The maximum absolute atomic E-state index is 12.5. The van der Waals surface area contributed by atoms with E-state index in [1.807, 2.05) is 33.8 Å². The zero-order valence-electron chi connectivity index (χ0n) is 25.1. The summed E-state index contributed by atoms with van der Waals surface area (Å²) >= 11 is 0. The Balaban J connectivity index is 0. The SMILES string of the molecule is CC.CC.CC(=O)CNC(=O)C(Cc1ccccc1)NC(=O)CNC(=O)CNC(=O)CCOCCC(=O)C(C)C. The predicted molar refractivity (Wildman–Crippen MR) is 154 cm³/mol. The van der Waals surface area contributed by atoms with Crippen LogP contribution >= 0.6 is 0 Å². The number of hydrogen-bond acceptors (Lipinski definition) is 7. The van der Waals surface area contributed by atoms with Crippen molar-refractivity contribution < 1.29 is 33.5 Å². The fraction of sp³-hybridized carbons (Fsp3) is 0.586. The number of rotatable bonds is 17.